The fourth-order valence-electron chi connectivity index (χ4n) is 2.45. The van der Waals surface area contributed by atoms with Crippen LogP contribution in [0, 0.1) is 0 Å². The molecule has 0 bridgehead atoms. The van der Waals surface area contributed by atoms with E-state index >= 15 is 0 Å². The summed E-state index contributed by atoms with van der Waals surface area (Å²) in [5.41, 5.74) is 7.08. The number of rotatable bonds is 12. The van der Waals surface area contributed by atoms with E-state index < -0.39 is 0 Å². The molecule has 0 radical (unpaired) electrons. The molecule has 0 saturated carbocycles. The molecule has 1 aromatic rings. The molecule has 0 aliphatic rings. The molecule has 3 nitrogen and oxygen atoms in total. The van der Waals surface area contributed by atoms with Gasteiger partial charge in [-0.05, 0) is 24.8 Å². The molecule has 0 heterocycles. The van der Waals surface area contributed by atoms with E-state index in [1.807, 2.05) is 30.3 Å². The summed E-state index contributed by atoms with van der Waals surface area (Å²) in [4.78, 5) is 11.6. The van der Waals surface area contributed by atoms with Crippen molar-refractivity contribution in [3.63, 3.8) is 0 Å². The number of esters is 1. The third-order valence-corrected chi connectivity index (χ3v) is 3.88. The summed E-state index contributed by atoms with van der Waals surface area (Å²) < 4.78 is 5.26. The van der Waals surface area contributed by atoms with E-state index in [0.717, 1.165) is 37.7 Å². The van der Waals surface area contributed by atoms with E-state index in [4.69, 9.17) is 10.5 Å². The highest BCUT2D eigenvalue weighted by Gasteiger charge is 2.04. The number of unbranched alkanes of at least 4 members (excludes halogenated alkanes) is 4. The van der Waals surface area contributed by atoms with Gasteiger partial charge in [-0.3, -0.25) is 4.79 Å². The Morgan fingerprint density at radius 2 is 1.73 bits per heavy atom. The number of hydrogen-bond donors (Lipinski definition) is 1. The van der Waals surface area contributed by atoms with Crippen molar-refractivity contribution in [1.82, 2.24) is 0 Å². The van der Waals surface area contributed by atoms with Gasteiger partial charge in [0.05, 0.1) is 0 Å². The van der Waals surface area contributed by atoms with Crippen molar-refractivity contribution >= 4 is 5.97 Å². The first-order valence-corrected chi connectivity index (χ1v) is 8.67. The SMILES string of the molecule is CCCCC(N)CCCCCCC(=O)OCc1ccccc1. The lowest BCUT2D eigenvalue weighted by molar-refractivity contribution is -0.145. The van der Waals surface area contributed by atoms with Crippen molar-refractivity contribution in [1.29, 1.82) is 0 Å². The van der Waals surface area contributed by atoms with Gasteiger partial charge < -0.3 is 10.5 Å². The maximum Gasteiger partial charge on any atom is 0.306 e. The van der Waals surface area contributed by atoms with Crippen LogP contribution < -0.4 is 5.73 Å². The van der Waals surface area contributed by atoms with Crippen LogP contribution in [0.25, 0.3) is 0 Å². The summed E-state index contributed by atoms with van der Waals surface area (Å²) in [6.07, 6.45) is 9.55. The molecule has 22 heavy (non-hydrogen) atoms. The first kappa shape index (κ1) is 18.7. The third kappa shape index (κ3) is 9.56. The first-order chi connectivity index (χ1) is 10.7. The van der Waals surface area contributed by atoms with Gasteiger partial charge in [-0.1, -0.05) is 69.4 Å². The quantitative estimate of drug-likeness (QED) is 0.454. The second-order valence-corrected chi connectivity index (χ2v) is 6.00. The number of benzene rings is 1. The Labute approximate surface area is 135 Å². The summed E-state index contributed by atoms with van der Waals surface area (Å²) in [6.45, 7) is 2.58. The van der Waals surface area contributed by atoms with Crippen LogP contribution in [0.5, 0.6) is 0 Å². The molecule has 1 atom stereocenters. The minimum absolute atomic E-state index is 0.0940. The number of nitrogens with two attached hydrogens (primary N) is 1. The molecule has 0 spiro atoms. The van der Waals surface area contributed by atoms with Gasteiger partial charge in [0.1, 0.15) is 6.61 Å². The molecule has 0 aliphatic carbocycles. The highest BCUT2D eigenvalue weighted by Crippen LogP contribution is 2.11. The number of ether oxygens (including phenoxy) is 1. The zero-order chi connectivity index (χ0) is 16.0. The Bertz CT molecular complexity index is 392. The maximum absolute atomic E-state index is 11.6. The average Bonchev–Trinajstić information content (AvgIpc) is 2.55. The van der Waals surface area contributed by atoms with Gasteiger partial charge >= 0.3 is 5.97 Å². The molecule has 124 valence electrons. The van der Waals surface area contributed by atoms with Gasteiger partial charge in [0.2, 0.25) is 0 Å². The topological polar surface area (TPSA) is 52.3 Å². The predicted octanol–water partition coefficient (Wildman–Crippen LogP) is 4.59. The van der Waals surface area contributed by atoms with Crippen molar-refractivity contribution in [3.05, 3.63) is 35.9 Å². The normalized spacial score (nSPS) is 12.1. The van der Waals surface area contributed by atoms with Gasteiger partial charge in [0, 0.05) is 12.5 Å². The molecule has 1 unspecified atom stereocenters. The molecule has 1 rings (SSSR count). The van der Waals surface area contributed by atoms with E-state index in [9.17, 15) is 4.79 Å². The van der Waals surface area contributed by atoms with Crippen LogP contribution >= 0.6 is 0 Å². The molecule has 0 saturated heterocycles. The highest BCUT2D eigenvalue weighted by molar-refractivity contribution is 5.69. The van der Waals surface area contributed by atoms with Gasteiger partial charge in [-0.2, -0.15) is 0 Å². The van der Waals surface area contributed by atoms with Gasteiger partial charge in [-0.25, -0.2) is 0 Å². The minimum Gasteiger partial charge on any atom is -0.461 e. The fraction of sp³-hybridized carbons (Fsp3) is 0.632. The van der Waals surface area contributed by atoms with Gasteiger partial charge in [-0.15, -0.1) is 0 Å². The summed E-state index contributed by atoms with van der Waals surface area (Å²) in [5, 5.41) is 0. The Morgan fingerprint density at radius 3 is 2.45 bits per heavy atom. The summed E-state index contributed by atoms with van der Waals surface area (Å²) in [6, 6.07) is 10.2. The fourth-order valence-corrected chi connectivity index (χ4v) is 2.45. The minimum atomic E-state index is -0.0940. The molecule has 0 aliphatic heterocycles. The van der Waals surface area contributed by atoms with Crippen molar-refractivity contribution < 1.29 is 9.53 Å². The number of hydrogen-bond acceptors (Lipinski definition) is 3. The summed E-state index contributed by atoms with van der Waals surface area (Å²) in [5.74, 6) is -0.0940. The Balaban J connectivity index is 1.94. The smallest absolute Gasteiger partial charge is 0.306 e. The zero-order valence-corrected chi connectivity index (χ0v) is 13.9. The van der Waals surface area contributed by atoms with Crippen molar-refractivity contribution in [2.75, 3.05) is 0 Å². The molecule has 0 amide bonds. The summed E-state index contributed by atoms with van der Waals surface area (Å²) in [7, 11) is 0. The van der Waals surface area contributed by atoms with Crippen LogP contribution in [-0.2, 0) is 16.1 Å². The van der Waals surface area contributed by atoms with Crippen LogP contribution in [0.15, 0.2) is 30.3 Å². The zero-order valence-electron chi connectivity index (χ0n) is 13.9. The Morgan fingerprint density at radius 1 is 1.05 bits per heavy atom. The largest absolute Gasteiger partial charge is 0.461 e. The van der Waals surface area contributed by atoms with E-state index in [1.165, 1.54) is 19.3 Å². The van der Waals surface area contributed by atoms with Crippen molar-refractivity contribution in [2.45, 2.75) is 77.4 Å². The van der Waals surface area contributed by atoms with Crippen molar-refractivity contribution in [3.8, 4) is 0 Å². The predicted molar refractivity (Wildman–Crippen MR) is 91.4 cm³/mol. The molecule has 1 aromatic carbocycles. The van der Waals surface area contributed by atoms with Crippen LogP contribution in [0.1, 0.15) is 70.3 Å². The number of carbonyl (C=O) groups excluding carboxylic acids is 1. The molecular weight excluding hydrogens is 274 g/mol. The Kier molecular flexibility index (Phi) is 10.4. The molecule has 0 fully saturated rings. The monoisotopic (exact) mass is 305 g/mol. The third-order valence-electron chi connectivity index (χ3n) is 3.88. The van der Waals surface area contributed by atoms with E-state index in [0.29, 0.717) is 19.1 Å². The maximum atomic E-state index is 11.6. The lowest BCUT2D eigenvalue weighted by atomic mass is 10.0. The van der Waals surface area contributed by atoms with Crippen LogP contribution in [0.3, 0.4) is 0 Å². The lowest BCUT2D eigenvalue weighted by Gasteiger charge is -2.10. The average molecular weight is 305 g/mol. The second kappa shape index (κ2) is 12.2. The Hall–Kier alpha value is -1.35. The van der Waals surface area contributed by atoms with E-state index in [2.05, 4.69) is 6.92 Å². The standard InChI is InChI=1S/C19H31NO2/c1-2-3-13-18(20)14-9-4-5-10-15-19(21)22-16-17-11-7-6-8-12-17/h6-8,11-12,18H,2-5,9-10,13-16,20H2,1H3. The first-order valence-electron chi connectivity index (χ1n) is 8.67. The van der Waals surface area contributed by atoms with Crippen molar-refractivity contribution in [2.24, 2.45) is 5.73 Å². The van der Waals surface area contributed by atoms with Gasteiger partial charge in [0.25, 0.3) is 0 Å². The lowest BCUT2D eigenvalue weighted by Crippen LogP contribution is -2.19. The second-order valence-electron chi connectivity index (χ2n) is 6.00. The summed E-state index contributed by atoms with van der Waals surface area (Å²) >= 11 is 0. The number of carbonyl (C=O) groups is 1. The van der Waals surface area contributed by atoms with Gasteiger partial charge in [0.15, 0.2) is 0 Å². The van der Waals surface area contributed by atoms with E-state index in [1.54, 1.807) is 0 Å². The van der Waals surface area contributed by atoms with Crippen LogP contribution in [0.2, 0.25) is 0 Å². The van der Waals surface area contributed by atoms with Crippen LogP contribution in [0.4, 0.5) is 0 Å². The van der Waals surface area contributed by atoms with E-state index in [-0.39, 0.29) is 5.97 Å². The highest BCUT2D eigenvalue weighted by atomic mass is 16.5. The molecule has 0 aromatic heterocycles. The van der Waals surface area contributed by atoms with Crippen LogP contribution in [-0.4, -0.2) is 12.0 Å². The molecule has 2 N–H and O–H groups in total. The molecule has 3 heteroatoms. The molecular formula is C19H31NO2.